The molecule has 0 radical (unpaired) electrons. The number of nitrogens with zero attached hydrogens (tertiary/aromatic N) is 6. The molecule has 1 saturated heterocycles. The third-order valence-electron chi connectivity index (χ3n) is 4.75. The first-order valence-corrected chi connectivity index (χ1v) is 9.21. The number of aliphatic imine (C=N–C) groups is 1. The molecule has 1 fully saturated rings. The van der Waals surface area contributed by atoms with Crippen LogP contribution in [0.4, 0.5) is 0 Å². The van der Waals surface area contributed by atoms with Gasteiger partial charge in [0.1, 0.15) is 11.8 Å². The van der Waals surface area contributed by atoms with Gasteiger partial charge in [0.25, 0.3) is 0 Å². The minimum atomic E-state index is 0. The SMILES string of the molecule is CN=C(NCCc1cn2ccccc2n1)N1CCOC(c2cnn(C)c2)C1.I. The molecule has 1 atom stereocenters. The molecular formula is C19H26IN7O. The van der Waals surface area contributed by atoms with Gasteiger partial charge in [0.2, 0.25) is 0 Å². The molecule has 0 amide bonds. The normalized spacial score (nSPS) is 17.6. The zero-order chi connectivity index (χ0) is 18.6. The van der Waals surface area contributed by atoms with Crippen LogP contribution in [0.5, 0.6) is 0 Å². The van der Waals surface area contributed by atoms with Crippen LogP contribution in [0.2, 0.25) is 0 Å². The molecule has 0 aliphatic carbocycles. The van der Waals surface area contributed by atoms with Crippen LogP contribution in [-0.2, 0) is 18.2 Å². The number of morpholine rings is 1. The first kappa shape index (κ1) is 20.6. The van der Waals surface area contributed by atoms with Gasteiger partial charge in [-0.1, -0.05) is 6.07 Å². The molecule has 9 heteroatoms. The maximum Gasteiger partial charge on any atom is 0.193 e. The largest absolute Gasteiger partial charge is 0.370 e. The fourth-order valence-electron chi connectivity index (χ4n) is 3.39. The van der Waals surface area contributed by atoms with E-state index in [-0.39, 0.29) is 30.1 Å². The molecule has 1 unspecified atom stereocenters. The van der Waals surface area contributed by atoms with Crippen molar-refractivity contribution in [1.82, 2.24) is 29.4 Å². The molecule has 1 aliphatic rings. The molecule has 0 aromatic carbocycles. The number of fused-ring (bicyclic) bond motifs is 1. The zero-order valence-corrected chi connectivity index (χ0v) is 18.5. The summed E-state index contributed by atoms with van der Waals surface area (Å²) in [6.07, 6.45) is 8.83. The van der Waals surface area contributed by atoms with Crippen molar-refractivity contribution in [3.63, 3.8) is 0 Å². The lowest BCUT2D eigenvalue weighted by Crippen LogP contribution is -2.48. The summed E-state index contributed by atoms with van der Waals surface area (Å²) in [5.74, 6) is 0.899. The third kappa shape index (κ3) is 4.64. The second-order valence-corrected chi connectivity index (χ2v) is 6.68. The van der Waals surface area contributed by atoms with Crippen LogP contribution in [0, 0.1) is 0 Å². The van der Waals surface area contributed by atoms with Gasteiger partial charge in [-0.2, -0.15) is 5.10 Å². The Labute approximate surface area is 181 Å². The van der Waals surface area contributed by atoms with Gasteiger partial charge in [-0.15, -0.1) is 24.0 Å². The zero-order valence-electron chi connectivity index (χ0n) is 16.2. The van der Waals surface area contributed by atoms with Crippen molar-refractivity contribution in [2.75, 3.05) is 33.3 Å². The molecule has 0 saturated carbocycles. The van der Waals surface area contributed by atoms with Crippen LogP contribution in [0.1, 0.15) is 17.4 Å². The Morgan fingerprint density at radius 1 is 1.36 bits per heavy atom. The molecule has 0 bridgehead atoms. The highest BCUT2D eigenvalue weighted by atomic mass is 127. The Bertz CT molecular complexity index is 902. The predicted molar refractivity (Wildman–Crippen MR) is 119 cm³/mol. The number of guanidine groups is 1. The highest BCUT2D eigenvalue weighted by Gasteiger charge is 2.25. The first-order chi connectivity index (χ1) is 13.2. The van der Waals surface area contributed by atoms with Gasteiger partial charge in [0.05, 0.1) is 25.0 Å². The Hall–Kier alpha value is -2.14. The topological polar surface area (TPSA) is 72.0 Å². The fourth-order valence-corrected chi connectivity index (χ4v) is 3.39. The molecule has 150 valence electrons. The van der Waals surface area contributed by atoms with E-state index in [2.05, 4.69) is 31.5 Å². The maximum atomic E-state index is 5.92. The quantitative estimate of drug-likeness (QED) is 0.340. The van der Waals surface area contributed by atoms with E-state index in [1.807, 2.05) is 55.3 Å². The summed E-state index contributed by atoms with van der Waals surface area (Å²) < 4.78 is 9.77. The number of ether oxygens (including phenoxy) is 1. The van der Waals surface area contributed by atoms with Crippen LogP contribution in [0.3, 0.4) is 0 Å². The van der Waals surface area contributed by atoms with E-state index < -0.39 is 0 Å². The van der Waals surface area contributed by atoms with E-state index in [1.54, 1.807) is 4.68 Å². The molecule has 4 heterocycles. The van der Waals surface area contributed by atoms with E-state index in [1.165, 1.54) is 0 Å². The van der Waals surface area contributed by atoms with Gasteiger partial charge in [0, 0.05) is 57.8 Å². The monoisotopic (exact) mass is 495 g/mol. The number of aromatic nitrogens is 4. The number of hydrogen-bond acceptors (Lipinski definition) is 4. The lowest BCUT2D eigenvalue weighted by atomic mass is 10.1. The summed E-state index contributed by atoms with van der Waals surface area (Å²) in [7, 11) is 3.74. The van der Waals surface area contributed by atoms with Crippen molar-refractivity contribution in [3.05, 3.63) is 54.2 Å². The first-order valence-electron chi connectivity index (χ1n) is 9.21. The highest BCUT2D eigenvalue weighted by molar-refractivity contribution is 14.0. The smallest absolute Gasteiger partial charge is 0.193 e. The molecule has 3 aromatic rings. The third-order valence-corrected chi connectivity index (χ3v) is 4.75. The van der Waals surface area contributed by atoms with E-state index >= 15 is 0 Å². The number of rotatable bonds is 4. The Morgan fingerprint density at radius 3 is 3.00 bits per heavy atom. The molecular weight excluding hydrogens is 469 g/mol. The van der Waals surface area contributed by atoms with Crippen LogP contribution in [-0.4, -0.2) is 63.3 Å². The van der Waals surface area contributed by atoms with Gasteiger partial charge >= 0.3 is 0 Å². The predicted octanol–water partition coefficient (Wildman–Crippen LogP) is 1.88. The van der Waals surface area contributed by atoms with E-state index in [0.717, 1.165) is 48.9 Å². The summed E-state index contributed by atoms with van der Waals surface area (Å²) in [6.45, 7) is 3.04. The molecule has 0 spiro atoms. The van der Waals surface area contributed by atoms with Crippen molar-refractivity contribution < 1.29 is 4.74 Å². The van der Waals surface area contributed by atoms with Gasteiger partial charge < -0.3 is 19.4 Å². The second kappa shape index (κ2) is 9.37. The minimum absolute atomic E-state index is 0. The average Bonchev–Trinajstić information content (AvgIpc) is 3.31. The van der Waals surface area contributed by atoms with E-state index in [9.17, 15) is 0 Å². The standard InChI is InChI=1S/C19H25N7O.HI/c1-20-19(21-7-6-16-13-25-8-4-3-5-18(25)23-16)26-9-10-27-17(14-26)15-11-22-24(2)12-15;/h3-5,8,11-13,17H,6-7,9-10,14H2,1-2H3,(H,20,21);1H. The Morgan fingerprint density at radius 2 is 2.25 bits per heavy atom. The lowest BCUT2D eigenvalue weighted by Gasteiger charge is -2.34. The summed E-state index contributed by atoms with van der Waals surface area (Å²) in [5, 5.41) is 7.71. The number of halogens is 1. The van der Waals surface area contributed by atoms with Crippen molar-refractivity contribution in [3.8, 4) is 0 Å². The number of hydrogen-bond donors (Lipinski definition) is 1. The van der Waals surface area contributed by atoms with Gasteiger partial charge in [0.15, 0.2) is 5.96 Å². The van der Waals surface area contributed by atoms with Crippen molar-refractivity contribution in [1.29, 1.82) is 0 Å². The summed E-state index contributed by atoms with van der Waals surface area (Å²) in [4.78, 5) is 11.3. The fraction of sp³-hybridized carbons (Fsp3) is 0.421. The van der Waals surface area contributed by atoms with Gasteiger partial charge in [-0.25, -0.2) is 4.98 Å². The highest BCUT2D eigenvalue weighted by Crippen LogP contribution is 2.21. The Balaban J connectivity index is 0.00000225. The number of nitrogens with one attached hydrogen (secondary N) is 1. The molecule has 8 nitrogen and oxygen atoms in total. The van der Waals surface area contributed by atoms with Crippen molar-refractivity contribution in [2.45, 2.75) is 12.5 Å². The molecule has 4 rings (SSSR count). The average molecular weight is 495 g/mol. The van der Waals surface area contributed by atoms with Crippen LogP contribution < -0.4 is 5.32 Å². The maximum absolute atomic E-state index is 5.92. The van der Waals surface area contributed by atoms with Crippen molar-refractivity contribution >= 4 is 35.6 Å². The second-order valence-electron chi connectivity index (χ2n) is 6.68. The van der Waals surface area contributed by atoms with Gasteiger partial charge in [-0.3, -0.25) is 9.67 Å². The minimum Gasteiger partial charge on any atom is -0.370 e. The van der Waals surface area contributed by atoms with Crippen LogP contribution in [0.25, 0.3) is 5.65 Å². The molecule has 28 heavy (non-hydrogen) atoms. The Kier molecular flexibility index (Phi) is 6.89. The lowest BCUT2D eigenvalue weighted by molar-refractivity contribution is -0.00801. The summed E-state index contributed by atoms with van der Waals surface area (Å²) >= 11 is 0. The molecule has 1 aliphatic heterocycles. The number of aryl methyl sites for hydroxylation is 1. The van der Waals surface area contributed by atoms with Crippen molar-refractivity contribution in [2.24, 2.45) is 12.0 Å². The summed E-state index contributed by atoms with van der Waals surface area (Å²) in [6, 6.07) is 6.03. The molecule has 1 N–H and O–H groups in total. The van der Waals surface area contributed by atoms with E-state index in [4.69, 9.17) is 4.74 Å². The molecule has 3 aromatic heterocycles. The van der Waals surface area contributed by atoms with E-state index in [0.29, 0.717) is 6.61 Å². The number of pyridine rings is 1. The van der Waals surface area contributed by atoms with Crippen LogP contribution >= 0.6 is 24.0 Å². The number of imidazole rings is 1. The van der Waals surface area contributed by atoms with Gasteiger partial charge in [-0.05, 0) is 12.1 Å². The summed E-state index contributed by atoms with van der Waals surface area (Å²) in [5.41, 5.74) is 3.14. The van der Waals surface area contributed by atoms with Crippen LogP contribution in [0.15, 0.2) is 48.0 Å².